The van der Waals surface area contributed by atoms with Gasteiger partial charge in [0.15, 0.2) is 5.76 Å². The van der Waals surface area contributed by atoms with Crippen molar-refractivity contribution in [3.63, 3.8) is 0 Å². The van der Waals surface area contributed by atoms with Crippen LogP contribution in [0, 0.1) is 10.1 Å². The number of carbonyl (C=O) groups is 1. The minimum atomic E-state index is -0.577. The summed E-state index contributed by atoms with van der Waals surface area (Å²) in [4.78, 5) is 21.8. The molecule has 1 amide bonds. The molecule has 8 nitrogen and oxygen atoms in total. The molecule has 1 N–H and O–H groups in total. The highest BCUT2D eigenvalue weighted by molar-refractivity contribution is 9.10. The van der Waals surface area contributed by atoms with E-state index in [4.69, 9.17) is 4.42 Å². The van der Waals surface area contributed by atoms with Gasteiger partial charge in [0.2, 0.25) is 0 Å². The van der Waals surface area contributed by atoms with Crippen molar-refractivity contribution in [2.24, 2.45) is 0 Å². The van der Waals surface area contributed by atoms with Crippen molar-refractivity contribution < 1.29 is 14.1 Å². The zero-order valence-electron chi connectivity index (χ0n) is 11.2. The molecule has 0 unspecified atom stereocenters. The Kier molecular flexibility index (Phi) is 4.73. The molecule has 2 heterocycles. The highest BCUT2D eigenvalue weighted by Crippen LogP contribution is 2.22. The predicted molar refractivity (Wildman–Crippen MR) is 77.0 cm³/mol. The third-order valence-corrected chi connectivity index (χ3v) is 3.17. The lowest BCUT2D eigenvalue weighted by molar-refractivity contribution is -0.390. The van der Waals surface area contributed by atoms with Crippen molar-refractivity contribution in [1.82, 2.24) is 15.1 Å². The second-order valence-electron chi connectivity index (χ2n) is 4.28. The fourth-order valence-corrected chi connectivity index (χ4v) is 2.12. The molecule has 2 aromatic heterocycles. The number of aromatic nitrogens is 2. The first-order valence-corrected chi connectivity index (χ1v) is 7.04. The molecule has 0 bridgehead atoms. The van der Waals surface area contributed by atoms with E-state index in [-0.39, 0.29) is 24.0 Å². The van der Waals surface area contributed by atoms with Gasteiger partial charge in [-0.1, -0.05) is 6.92 Å². The van der Waals surface area contributed by atoms with E-state index in [2.05, 4.69) is 26.3 Å². The normalized spacial score (nSPS) is 10.6. The average molecular weight is 357 g/mol. The number of carbonyl (C=O) groups excluding carboxylic acids is 1. The number of nitrogens with one attached hydrogen (secondary N) is 1. The highest BCUT2D eigenvalue weighted by atomic mass is 79.9. The van der Waals surface area contributed by atoms with Crippen LogP contribution in [0.5, 0.6) is 0 Å². The molecule has 0 fully saturated rings. The van der Waals surface area contributed by atoms with E-state index in [1.54, 1.807) is 12.1 Å². The maximum Gasteiger partial charge on any atom is 0.404 e. The molecule has 0 aliphatic rings. The van der Waals surface area contributed by atoms with Crippen molar-refractivity contribution >= 4 is 27.7 Å². The Hall–Kier alpha value is -2.16. The average Bonchev–Trinajstić information content (AvgIpc) is 3.03. The van der Waals surface area contributed by atoms with E-state index < -0.39 is 4.92 Å². The number of nitrogens with zero attached hydrogens (tertiary/aromatic N) is 3. The fourth-order valence-electron chi connectivity index (χ4n) is 1.66. The second-order valence-corrected chi connectivity index (χ2v) is 5.13. The van der Waals surface area contributed by atoms with Crippen LogP contribution in [0.3, 0.4) is 0 Å². The number of halogens is 1. The van der Waals surface area contributed by atoms with Crippen molar-refractivity contribution in [2.45, 2.75) is 19.9 Å². The van der Waals surface area contributed by atoms with E-state index >= 15 is 0 Å². The first kappa shape index (κ1) is 15.2. The van der Waals surface area contributed by atoms with Crippen LogP contribution in [0.15, 0.2) is 27.2 Å². The molecule has 0 aliphatic heterocycles. The smallest absolute Gasteiger partial charge is 0.404 e. The molecular formula is C12H13BrN4O4. The summed E-state index contributed by atoms with van der Waals surface area (Å²) in [6.45, 7) is 2.73. The largest absolute Gasteiger partial charge is 0.454 e. The summed E-state index contributed by atoms with van der Waals surface area (Å²) in [6, 6.07) is 3.20. The summed E-state index contributed by atoms with van der Waals surface area (Å²) in [5.41, 5.74) is 0. The zero-order chi connectivity index (χ0) is 15.4. The van der Waals surface area contributed by atoms with Crippen molar-refractivity contribution in [3.05, 3.63) is 44.4 Å². The van der Waals surface area contributed by atoms with Gasteiger partial charge in [0, 0.05) is 6.54 Å². The van der Waals surface area contributed by atoms with Gasteiger partial charge in [-0.05, 0) is 39.4 Å². The first-order chi connectivity index (χ1) is 10.0. The molecule has 0 spiro atoms. The van der Waals surface area contributed by atoms with E-state index in [9.17, 15) is 14.9 Å². The fraction of sp³-hybridized carbons (Fsp3) is 0.333. The van der Waals surface area contributed by atoms with Crippen LogP contribution in [0.2, 0.25) is 0 Å². The lowest BCUT2D eigenvalue weighted by Gasteiger charge is -1.99. The third-order valence-electron chi connectivity index (χ3n) is 2.61. The van der Waals surface area contributed by atoms with Crippen LogP contribution >= 0.6 is 15.9 Å². The summed E-state index contributed by atoms with van der Waals surface area (Å²) < 4.78 is 7.06. The minimum absolute atomic E-state index is 0.202. The molecule has 2 rings (SSSR count). The van der Waals surface area contributed by atoms with Crippen LogP contribution in [0.25, 0.3) is 0 Å². The molecule has 2 aromatic rings. The van der Waals surface area contributed by atoms with Gasteiger partial charge in [-0.25, -0.2) is 0 Å². The number of amides is 1. The Morgan fingerprint density at radius 1 is 1.57 bits per heavy atom. The summed E-state index contributed by atoms with van der Waals surface area (Å²) in [6.07, 6.45) is 2.32. The molecule has 0 aromatic carbocycles. The quantitative estimate of drug-likeness (QED) is 0.631. The van der Waals surface area contributed by atoms with Crippen LogP contribution in [0.4, 0.5) is 5.82 Å². The lowest BCUT2D eigenvalue weighted by atomic mass is 10.4. The molecule has 0 radical (unpaired) electrons. The predicted octanol–water partition coefficient (Wildman–Crippen LogP) is 2.33. The van der Waals surface area contributed by atoms with Gasteiger partial charge in [0.1, 0.15) is 16.8 Å². The van der Waals surface area contributed by atoms with Crippen molar-refractivity contribution in [3.8, 4) is 0 Å². The van der Waals surface area contributed by atoms with Crippen LogP contribution in [0.1, 0.15) is 29.7 Å². The van der Waals surface area contributed by atoms with Gasteiger partial charge in [0.05, 0.1) is 11.3 Å². The number of rotatable bonds is 6. The Balaban J connectivity index is 2.07. The lowest BCUT2D eigenvalue weighted by Crippen LogP contribution is -2.23. The second kappa shape index (κ2) is 6.53. The van der Waals surface area contributed by atoms with Crippen molar-refractivity contribution in [1.29, 1.82) is 0 Å². The highest BCUT2D eigenvalue weighted by Gasteiger charge is 2.19. The number of hydrogen-bond donors (Lipinski definition) is 1. The maximum atomic E-state index is 11.7. The van der Waals surface area contributed by atoms with E-state index in [0.29, 0.717) is 16.8 Å². The van der Waals surface area contributed by atoms with Crippen molar-refractivity contribution in [2.75, 3.05) is 6.54 Å². The van der Waals surface area contributed by atoms with Crippen LogP contribution < -0.4 is 5.32 Å². The Morgan fingerprint density at radius 3 is 2.95 bits per heavy atom. The van der Waals surface area contributed by atoms with Crippen LogP contribution in [-0.4, -0.2) is 27.2 Å². The number of hydrogen-bond acceptors (Lipinski definition) is 5. The standard InChI is InChI=1S/C12H13BrN4O4/c1-2-5-14-12(18)10-4-3-8(21-10)6-16-7-9(13)11(15-16)17(19)20/h3-4,7H,2,5-6H2,1H3,(H,14,18). The first-order valence-electron chi connectivity index (χ1n) is 6.25. The molecule has 21 heavy (non-hydrogen) atoms. The van der Waals surface area contributed by atoms with Gasteiger partial charge in [-0.2, -0.15) is 4.68 Å². The molecule has 112 valence electrons. The topological polar surface area (TPSA) is 103 Å². The van der Waals surface area contributed by atoms with E-state index in [0.717, 1.165) is 6.42 Å². The summed E-state index contributed by atoms with van der Waals surface area (Å²) in [5, 5.41) is 17.2. The van der Waals surface area contributed by atoms with Gasteiger partial charge in [-0.15, -0.1) is 0 Å². The SMILES string of the molecule is CCCNC(=O)c1ccc(Cn2cc(Br)c([N+](=O)[O-])n2)o1. The molecule has 0 atom stereocenters. The summed E-state index contributed by atoms with van der Waals surface area (Å²) in [5.74, 6) is 0.152. The molecule has 0 saturated carbocycles. The third kappa shape index (κ3) is 3.69. The van der Waals surface area contributed by atoms with Crippen LogP contribution in [-0.2, 0) is 6.54 Å². The zero-order valence-corrected chi connectivity index (χ0v) is 12.8. The summed E-state index contributed by atoms with van der Waals surface area (Å²) >= 11 is 3.07. The number of nitro groups is 1. The Labute approximate surface area is 128 Å². The Morgan fingerprint density at radius 2 is 2.33 bits per heavy atom. The maximum absolute atomic E-state index is 11.7. The van der Waals surface area contributed by atoms with Gasteiger partial charge < -0.3 is 19.8 Å². The molecule has 0 aliphatic carbocycles. The van der Waals surface area contributed by atoms with E-state index in [1.807, 2.05) is 6.92 Å². The number of furan rings is 1. The van der Waals surface area contributed by atoms with E-state index in [1.165, 1.54) is 10.9 Å². The van der Waals surface area contributed by atoms with Gasteiger partial charge in [-0.3, -0.25) is 4.79 Å². The molecular weight excluding hydrogens is 344 g/mol. The van der Waals surface area contributed by atoms with Gasteiger partial charge in [0.25, 0.3) is 5.91 Å². The monoisotopic (exact) mass is 356 g/mol. The Bertz CT molecular complexity index is 664. The summed E-state index contributed by atoms with van der Waals surface area (Å²) in [7, 11) is 0. The van der Waals surface area contributed by atoms with Gasteiger partial charge >= 0.3 is 5.82 Å². The molecule has 0 saturated heterocycles. The molecule has 9 heteroatoms. The minimum Gasteiger partial charge on any atom is -0.454 e.